The Morgan fingerprint density at radius 1 is 1.17 bits per heavy atom. The fraction of sp³-hybridized carbons (Fsp3) is 0.529. The minimum Gasteiger partial charge on any atom is -0.490 e. The Bertz CT molecular complexity index is 572. The maximum absolute atomic E-state index is 12.4. The summed E-state index contributed by atoms with van der Waals surface area (Å²) in [6.45, 7) is 4.71. The molecule has 6 heteroatoms. The molecule has 0 heterocycles. The summed E-state index contributed by atoms with van der Waals surface area (Å²) in [7, 11) is 0. The summed E-state index contributed by atoms with van der Waals surface area (Å²) in [6.07, 6.45) is 2.11. The first kappa shape index (κ1) is 17.1. The summed E-state index contributed by atoms with van der Waals surface area (Å²) < 4.78 is 11.0. The normalized spacial score (nSPS) is 20.1. The van der Waals surface area contributed by atoms with Crippen molar-refractivity contribution in [3.8, 4) is 11.5 Å². The Balaban J connectivity index is 2.12. The van der Waals surface area contributed by atoms with Crippen molar-refractivity contribution in [2.75, 3.05) is 13.2 Å². The van der Waals surface area contributed by atoms with Gasteiger partial charge in [0.25, 0.3) is 5.91 Å². The van der Waals surface area contributed by atoms with E-state index in [1.807, 2.05) is 13.8 Å². The lowest BCUT2D eigenvalue weighted by molar-refractivity contribution is -0.142. The van der Waals surface area contributed by atoms with Crippen LogP contribution in [0.25, 0.3) is 0 Å². The highest BCUT2D eigenvalue weighted by Crippen LogP contribution is 2.29. The van der Waals surface area contributed by atoms with Crippen LogP contribution in [0.4, 0.5) is 0 Å². The van der Waals surface area contributed by atoms with Gasteiger partial charge in [-0.2, -0.15) is 0 Å². The first-order valence-electron chi connectivity index (χ1n) is 8.00. The highest BCUT2D eigenvalue weighted by atomic mass is 16.5. The summed E-state index contributed by atoms with van der Waals surface area (Å²) in [5.74, 6) is -0.534. The number of carboxylic acid groups (broad SMARTS) is 1. The molecular weight excluding hydrogens is 298 g/mol. The lowest BCUT2D eigenvalue weighted by Crippen LogP contribution is -2.40. The van der Waals surface area contributed by atoms with Gasteiger partial charge in [0, 0.05) is 11.6 Å². The molecule has 1 aliphatic carbocycles. The molecule has 0 bridgehead atoms. The highest BCUT2D eigenvalue weighted by molar-refractivity contribution is 5.95. The predicted molar refractivity (Wildman–Crippen MR) is 85.0 cm³/mol. The van der Waals surface area contributed by atoms with Gasteiger partial charge in [-0.15, -0.1) is 0 Å². The standard InChI is InChI=1S/C17H23NO5/c1-3-22-14-9-8-11(10-15(14)23-4-2)16(19)18-13-7-5-6-12(13)17(20)21/h8-10,12-13H,3-7H2,1-2H3,(H,18,19)(H,20,21)/t12-,13+/m0/s1. The molecule has 2 rings (SSSR count). The van der Waals surface area contributed by atoms with Crippen LogP contribution >= 0.6 is 0 Å². The largest absolute Gasteiger partial charge is 0.490 e. The van der Waals surface area contributed by atoms with Crippen LogP contribution in [0, 0.1) is 5.92 Å². The molecule has 0 aromatic heterocycles. The van der Waals surface area contributed by atoms with E-state index in [1.165, 1.54) is 0 Å². The van der Waals surface area contributed by atoms with Crippen LogP contribution < -0.4 is 14.8 Å². The van der Waals surface area contributed by atoms with Gasteiger partial charge in [0.05, 0.1) is 19.1 Å². The second-order valence-corrected chi connectivity index (χ2v) is 5.48. The van der Waals surface area contributed by atoms with E-state index < -0.39 is 11.9 Å². The molecule has 23 heavy (non-hydrogen) atoms. The average Bonchev–Trinajstić information content (AvgIpc) is 2.97. The van der Waals surface area contributed by atoms with Crippen molar-refractivity contribution in [2.24, 2.45) is 5.92 Å². The molecule has 0 spiro atoms. The second-order valence-electron chi connectivity index (χ2n) is 5.48. The lowest BCUT2D eigenvalue weighted by atomic mass is 10.0. The van der Waals surface area contributed by atoms with Crippen molar-refractivity contribution in [1.29, 1.82) is 0 Å². The van der Waals surface area contributed by atoms with Gasteiger partial charge in [-0.25, -0.2) is 0 Å². The molecule has 126 valence electrons. The molecule has 1 aliphatic rings. The number of ether oxygens (including phenoxy) is 2. The minimum atomic E-state index is -0.852. The number of nitrogens with one attached hydrogen (secondary N) is 1. The summed E-state index contributed by atoms with van der Waals surface area (Å²) in [5, 5.41) is 12.0. The number of benzene rings is 1. The zero-order chi connectivity index (χ0) is 16.8. The Morgan fingerprint density at radius 2 is 1.87 bits per heavy atom. The maximum Gasteiger partial charge on any atom is 0.308 e. The lowest BCUT2D eigenvalue weighted by Gasteiger charge is -2.18. The van der Waals surface area contributed by atoms with E-state index in [4.69, 9.17) is 9.47 Å². The monoisotopic (exact) mass is 321 g/mol. The molecule has 2 N–H and O–H groups in total. The Morgan fingerprint density at radius 3 is 2.52 bits per heavy atom. The van der Waals surface area contributed by atoms with Crippen LogP contribution in [-0.4, -0.2) is 36.2 Å². The van der Waals surface area contributed by atoms with Gasteiger partial charge in [-0.3, -0.25) is 9.59 Å². The van der Waals surface area contributed by atoms with Crippen molar-refractivity contribution in [1.82, 2.24) is 5.32 Å². The zero-order valence-electron chi connectivity index (χ0n) is 13.5. The Kier molecular flexibility index (Phi) is 5.84. The molecule has 1 fully saturated rings. The molecule has 0 radical (unpaired) electrons. The summed E-state index contributed by atoms with van der Waals surface area (Å²) in [6, 6.07) is 4.68. The van der Waals surface area contributed by atoms with E-state index in [0.29, 0.717) is 43.1 Å². The van der Waals surface area contributed by atoms with Gasteiger partial charge in [0.1, 0.15) is 0 Å². The quantitative estimate of drug-likeness (QED) is 0.806. The van der Waals surface area contributed by atoms with Crippen LogP contribution in [0.3, 0.4) is 0 Å². The predicted octanol–water partition coefficient (Wildman–Crippen LogP) is 2.47. The van der Waals surface area contributed by atoms with Gasteiger partial charge in [0.2, 0.25) is 0 Å². The second kappa shape index (κ2) is 7.85. The van der Waals surface area contributed by atoms with Crippen LogP contribution in [0.2, 0.25) is 0 Å². The van der Waals surface area contributed by atoms with Gasteiger partial charge in [-0.05, 0) is 44.9 Å². The first-order valence-corrected chi connectivity index (χ1v) is 8.00. The SMILES string of the molecule is CCOc1ccc(C(=O)N[C@@H]2CCC[C@@H]2C(=O)O)cc1OCC. The number of carbonyl (C=O) groups excluding carboxylic acids is 1. The molecular formula is C17H23NO5. The fourth-order valence-corrected chi connectivity index (χ4v) is 2.87. The Labute approximate surface area is 135 Å². The molecule has 0 saturated heterocycles. The minimum absolute atomic E-state index is 0.285. The number of carbonyl (C=O) groups is 2. The molecule has 1 amide bonds. The van der Waals surface area contributed by atoms with Gasteiger partial charge < -0.3 is 19.9 Å². The molecule has 6 nitrogen and oxygen atoms in total. The van der Waals surface area contributed by atoms with Crippen LogP contribution in [0.1, 0.15) is 43.5 Å². The fourth-order valence-electron chi connectivity index (χ4n) is 2.87. The smallest absolute Gasteiger partial charge is 0.308 e. The molecule has 0 aliphatic heterocycles. The number of hydrogen-bond acceptors (Lipinski definition) is 4. The van der Waals surface area contributed by atoms with Crippen LogP contribution in [-0.2, 0) is 4.79 Å². The van der Waals surface area contributed by atoms with Crippen molar-refractivity contribution in [3.63, 3.8) is 0 Å². The van der Waals surface area contributed by atoms with Crippen molar-refractivity contribution < 1.29 is 24.2 Å². The van der Waals surface area contributed by atoms with Crippen LogP contribution in [0.15, 0.2) is 18.2 Å². The number of carboxylic acids is 1. The number of aliphatic carboxylic acids is 1. The zero-order valence-corrected chi connectivity index (χ0v) is 13.5. The number of rotatable bonds is 7. The number of amides is 1. The third-order valence-corrected chi connectivity index (χ3v) is 3.96. The number of hydrogen-bond donors (Lipinski definition) is 2. The Hall–Kier alpha value is -2.24. The van der Waals surface area contributed by atoms with E-state index in [9.17, 15) is 14.7 Å². The van der Waals surface area contributed by atoms with Gasteiger partial charge in [0.15, 0.2) is 11.5 Å². The van der Waals surface area contributed by atoms with E-state index >= 15 is 0 Å². The van der Waals surface area contributed by atoms with E-state index in [0.717, 1.165) is 6.42 Å². The van der Waals surface area contributed by atoms with E-state index in [2.05, 4.69) is 5.32 Å². The average molecular weight is 321 g/mol. The molecule has 1 saturated carbocycles. The summed E-state index contributed by atoms with van der Waals surface area (Å²) in [5.41, 5.74) is 0.438. The van der Waals surface area contributed by atoms with Crippen molar-refractivity contribution in [2.45, 2.75) is 39.2 Å². The van der Waals surface area contributed by atoms with Gasteiger partial charge >= 0.3 is 5.97 Å². The highest BCUT2D eigenvalue weighted by Gasteiger charge is 2.34. The van der Waals surface area contributed by atoms with E-state index in [1.54, 1.807) is 18.2 Å². The molecule has 1 aromatic carbocycles. The molecule has 0 unspecified atom stereocenters. The summed E-state index contributed by atoms with van der Waals surface area (Å²) >= 11 is 0. The molecule has 1 aromatic rings. The molecule has 2 atom stereocenters. The summed E-state index contributed by atoms with van der Waals surface area (Å²) in [4.78, 5) is 23.6. The topological polar surface area (TPSA) is 84.9 Å². The van der Waals surface area contributed by atoms with Crippen molar-refractivity contribution >= 4 is 11.9 Å². The van der Waals surface area contributed by atoms with E-state index in [-0.39, 0.29) is 11.9 Å². The van der Waals surface area contributed by atoms with Crippen molar-refractivity contribution in [3.05, 3.63) is 23.8 Å². The third-order valence-electron chi connectivity index (χ3n) is 3.96. The third kappa shape index (κ3) is 4.15. The maximum atomic E-state index is 12.4. The van der Waals surface area contributed by atoms with Crippen LogP contribution in [0.5, 0.6) is 11.5 Å². The van der Waals surface area contributed by atoms with Gasteiger partial charge in [-0.1, -0.05) is 6.42 Å². The first-order chi connectivity index (χ1) is 11.1.